The van der Waals surface area contributed by atoms with Gasteiger partial charge in [0, 0.05) is 18.1 Å². The molecule has 120 valence electrons. The van der Waals surface area contributed by atoms with E-state index in [1.54, 1.807) is 23.0 Å². The fraction of sp³-hybridized carbons (Fsp3) is 0.400. The molecular formula is C15H17N5O2S. The molecule has 0 amide bonds. The van der Waals surface area contributed by atoms with Crippen LogP contribution in [0.1, 0.15) is 49.4 Å². The van der Waals surface area contributed by atoms with Gasteiger partial charge in [0.15, 0.2) is 5.82 Å². The molecule has 1 fully saturated rings. The Balaban J connectivity index is 1.83. The Hall–Kier alpha value is -2.35. The van der Waals surface area contributed by atoms with Crippen LogP contribution in [-0.2, 0) is 0 Å². The zero-order valence-corrected chi connectivity index (χ0v) is 13.3. The molecule has 23 heavy (non-hydrogen) atoms. The monoisotopic (exact) mass is 331 g/mol. The van der Waals surface area contributed by atoms with E-state index in [1.807, 2.05) is 0 Å². The topological polar surface area (TPSA) is 89.1 Å². The summed E-state index contributed by atoms with van der Waals surface area (Å²) >= 11 is 5.25. The lowest BCUT2D eigenvalue weighted by molar-refractivity contribution is -0.384. The Bertz CT molecular complexity index is 772. The summed E-state index contributed by atoms with van der Waals surface area (Å²) in [4.78, 5) is 10.2. The number of aromatic amines is 1. The number of nitrogens with one attached hydrogen (secondary N) is 1. The minimum absolute atomic E-state index is 0.0602. The van der Waals surface area contributed by atoms with Gasteiger partial charge in [0.05, 0.1) is 11.1 Å². The lowest BCUT2D eigenvalue weighted by atomic mass is 9.89. The van der Waals surface area contributed by atoms with Crippen LogP contribution in [0.2, 0.25) is 0 Å². The first-order valence-corrected chi connectivity index (χ1v) is 8.02. The average Bonchev–Trinajstić information content (AvgIpc) is 2.95. The van der Waals surface area contributed by atoms with Crippen molar-refractivity contribution >= 4 is 24.1 Å². The summed E-state index contributed by atoms with van der Waals surface area (Å²) < 4.78 is 2.12. The van der Waals surface area contributed by atoms with E-state index < -0.39 is 4.92 Å². The maximum Gasteiger partial charge on any atom is 0.269 e. The molecule has 0 unspecified atom stereocenters. The fourth-order valence-electron chi connectivity index (χ4n) is 2.85. The van der Waals surface area contributed by atoms with Crippen molar-refractivity contribution in [1.29, 1.82) is 0 Å². The number of nitrogens with zero attached hydrogens (tertiary/aromatic N) is 4. The quantitative estimate of drug-likeness (QED) is 0.399. The van der Waals surface area contributed by atoms with E-state index in [-0.39, 0.29) is 5.69 Å². The molecular weight excluding hydrogens is 314 g/mol. The van der Waals surface area contributed by atoms with Crippen LogP contribution in [0.3, 0.4) is 0 Å². The third-order valence-electron chi connectivity index (χ3n) is 4.07. The average molecular weight is 331 g/mol. The lowest BCUT2D eigenvalue weighted by Gasteiger charge is -2.19. The summed E-state index contributed by atoms with van der Waals surface area (Å²) in [6.07, 6.45) is 7.53. The van der Waals surface area contributed by atoms with Crippen molar-refractivity contribution in [3.63, 3.8) is 0 Å². The molecule has 2 aromatic rings. The van der Waals surface area contributed by atoms with Crippen molar-refractivity contribution in [3.05, 3.63) is 50.5 Å². The fourth-order valence-corrected chi connectivity index (χ4v) is 3.03. The van der Waals surface area contributed by atoms with Crippen molar-refractivity contribution in [2.24, 2.45) is 5.10 Å². The van der Waals surface area contributed by atoms with Gasteiger partial charge in [0.1, 0.15) is 0 Å². The summed E-state index contributed by atoms with van der Waals surface area (Å²) in [6, 6.07) is 6.23. The molecule has 8 heteroatoms. The highest BCUT2D eigenvalue weighted by atomic mass is 32.1. The van der Waals surface area contributed by atoms with Gasteiger partial charge < -0.3 is 0 Å². The first-order valence-electron chi connectivity index (χ1n) is 7.61. The molecule has 7 nitrogen and oxygen atoms in total. The Morgan fingerprint density at radius 2 is 2.00 bits per heavy atom. The van der Waals surface area contributed by atoms with Gasteiger partial charge in [0.2, 0.25) is 4.77 Å². The van der Waals surface area contributed by atoms with E-state index in [0.29, 0.717) is 10.7 Å². The molecule has 1 heterocycles. The van der Waals surface area contributed by atoms with Crippen molar-refractivity contribution in [3.8, 4) is 0 Å². The summed E-state index contributed by atoms with van der Waals surface area (Å²) in [5, 5.41) is 22.2. The highest BCUT2D eigenvalue weighted by Crippen LogP contribution is 2.31. The molecule has 3 rings (SSSR count). The van der Waals surface area contributed by atoms with Crippen LogP contribution in [0.4, 0.5) is 5.69 Å². The van der Waals surface area contributed by atoms with Crippen LogP contribution in [0, 0.1) is 14.9 Å². The van der Waals surface area contributed by atoms with Gasteiger partial charge in [-0.2, -0.15) is 14.9 Å². The molecule has 1 N–H and O–H groups in total. The number of rotatable bonds is 4. The molecule has 1 aliphatic carbocycles. The highest BCUT2D eigenvalue weighted by Gasteiger charge is 2.21. The van der Waals surface area contributed by atoms with Crippen LogP contribution >= 0.6 is 12.2 Å². The third-order valence-corrected chi connectivity index (χ3v) is 4.34. The van der Waals surface area contributed by atoms with Gasteiger partial charge >= 0.3 is 0 Å². The number of nitro benzene ring substituents is 1. The van der Waals surface area contributed by atoms with Crippen LogP contribution in [0.5, 0.6) is 0 Å². The van der Waals surface area contributed by atoms with E-state index in [0.717, 1.165) is 24.2 Å². The Morgan fingerprint density at radius 1 is 1.30 bits per heavy atom. The Morgan fingerprint density at radius 3 is 2.65 bits per heavy atom. The summed E-state index contributed by atoms with van der Waals surface area (Å²) in [7, 11) is 0. The van der Waals surface area contributed by atoms with Gasteiger partial charge in [0.25, 0.3) is 5.69 Å². The predicted molar refractivity (Wildman–Crippen MR) is 89.3 cm³/mol. The minimum Gasteiger partial charge on any atom is -0.258 e. The lowest BCUT2D eigenvalue weighted by Crippen LogP contribution is -2.10. The number of hydrogen-bond acceptors (Lipinski definition) is 5. The van der Waals surface area contributed by atoms with Gasteiger partial charge in [-0.25, -0.2) is 0 Å². The van der Waals surface area contributed by atoms with E-state index in [2.05, 4.69) is 15.3 Å². The van der Waals surface area contributed by atoms with Crippen molar-refractivity contribution in [1.82, 2.24) is 14.9 Å². The Labute approximate surface area is 138 Å². The standard InChI is InChI=1S/C15H17N5O2S/c21-20(22)13-8-6-11(7-9-13)10-16-19-14(17-18-15(19)23)12-4-2-1-3-5-12/h6-10,12H,1-5H2,(H,18,23)/b16-10-. The molecule has 0 aliphatic heterocycles. The van der Waals surface area contributed by atoms with Gasteiger partial charge in [-0.05, 0) is 42.8 Å². The summed E-state index contributed by atoms with van der Waals surface area (Å²) in [5.41, 5.74) is 0.832. The number of hydrogen-bond donors (Lipinski definition) is 1. The number of non-ortho nitro benzene ring substituents is 1. The normalized spacial score (nSPS) is 16.0. The highest BCUT2D eigenvalue weighted by molar-refractivity contribution is 7.71. The zero-order valence-electron chi connectivity index (χ0n) is 12.5. The molecule has 1 aliphatic rings. The molecule has 0 atom stereocenters. The first kappa shape index (κ1) is 15.5. The number of aromatic nitrogens is 3. The maximum absolute atomic E-state index is 10.7. The van der Waals surface area contributed by atoms with Crippen molar-refractivity contribution in [2.75, 3.05) is 0 Å². The molecule has 0 saturated heterocycles. The van der Waals surface area contributed by atoms with Gasteiger partial charge in [-0.3, -0.25) is 15.2 Å². The second-order valence-electron chi connectivity index (χ2n) is 5.63. The van der Waals surface area contributed by atoms with E-state index >= 15 is 0 Å². The number of H-pyrrole nitrogens is 1. The first-order chi connectivity index (χ1) is 11.1. The molecule has 0 radical (unpaired) electrons. The minimum atomic E-state index is -0.422. The van der Waals surface area contributed by atoms with Crippen LogP contribution in [0.15, 0.2) is 29.4 Å². The van der Waals surface area contributed by atoms with Crippen LogP contribution < -0.4 is 0 Å². The Kier molecular flexibility index (Phi) is 4.61. The smallest absolute Gasteiger partial charge is 0.258 e. The SMILES string of the molecule is O=[N+]([O-])c1ccc(/C=N\n2c(C3CCCCC3)n[nH]c2=S)cc1. The summed E-state index contributed by atoms with van der Waals surface area (Å²) in [5.74, 6) is 1.25. The zero-order chi connectivity index (χ0) is 16.2. The van der Waals surface area contributed by atoms with E-state index in [9.17, 15) is 10.1 Å². The van der Waals surface area contributed by atoms with E-state index in [1.165, 1.54) is 31.4 Å². The van der Waals surface area contributed by atoms with Gasteiger partial charge in [-0.1, -0.05) is 19.3 Å². The third kappa shape index (κ3) is 3.53. The van der Waals surface area contributed by atoms with Crippen LogP contribution in [0.25, 0.3) is 0 Å². The van der Waals surface area contributed by atoms with Crippen molar-refractivity contribution < 1.29 is 4.92 Å². The summed E-state index contributed by atoms with van der Waals surface area (Å²) in [6.45, 7) is 0. The van der Waals surface area contributed by atoms with E-state index in [4.69, 9.17) is 12.2 Å². The maximum atomic E-state index is 10.7. The second-order valence-corrected chi connectivity index (χ2v) is 6.01. The molecule has 0 bridgehead atoms. The largest absolute Gasteiger partial charge is 0.269 e. The molecule has 1 saturated carbocycles. The number of benzene rings is 1. The molecule has 0 spiro atoms. The predicted octanol–water partition coefficient (Wildman–Crippen LogP) is 3.78. The molecule has 1 aromatic carbocycles. The number of nitro groups is 1. The van der Waals surface area contributed by atoms with Crippen molar-refractivity contribution in [2.45, 2.75) is 38.0 Å². The van der Waals surface area contributed by atoms with Gasteiger partial charge in [-0.15, -0.1) is 0 Å². The van der Waals surface area contributed by atoms with Crippen LogP contribution in [-0.4, -0.2) is 26.0 Å². The second kappa shape index (κ2) is 6.82. The molecule has 1 aromatic heterocycles.